The molecular formula is C29H24FN3O3. The summed E-state index contributed by atoms with van der Waals surface area (Å²) in [6, 6.07) is 22.5. The van der Waals surface area contributed by atoms with Gasteiger partial charge in [0.05, 0.1) is 11.1 Å². The Morgan fingerprint density at radius 3 is 2.39 bits per heavy atom. The lowest BCUT2D eigenvalue weighted by Gasteiger charge is -2.43. The average Bonchev–Trinajstić information content (AvgIpc) is 3.59. The normalized spacial score (nSPS) is 30.9. The highest BCUT2D eigenvalue weighted by atomic mass is 19.1. The van der Waals surface area contributed by atoms with E-state index in [1.54, 1.807) is 36.4 Å². The molecule has 3 fully saturated rings. The minimum atomic E-state index is -1.38. The zero-order valence-electron chi connectivity index (χ0n) is 19.5. The van der Waals surface area contributed by atoms with Crippen LogP contribution >= 0.6 is 0 Å². The first-order chi connectivity index (χ1) is 17.5. The van der Waals surface area contributed by atoms with Gasteiger partial charge in [-0.05, 0) is 55.3 Å². The highest BCUT2D eigenvalue weighted by Gasteiger charge is 2.80. The van der Waals surface area contributed by atoms with E-state index in [1.807, 2.05) is 30.3 Å². The van der Waals surface area contributed by atoms with Gasteiger partial charge in [-0.15, -0.1) is 0 Å². The van der Waals surface area contributed by atoms with Gasteiger partial charge in [0.1, 0.15) is 11.4 Å². The number of benzene rings is 3. The Kier molecular flexibility index (Phi) is 4.37. The Morgan fingerprint density at radius 2 is 1.61 bits per heavy atom. The van der Waals surface area contributed by atoms with Crippen molar-refractivity contribution in [3.8, 4) is 0 Å². The van der Waals surface area contributed by atoms with Crippen LogP contribution in [0.15, 0.2) is 78.9 Å². The van der Waals surface area contributed by atoms with E-state index < -0.39 is 16.9 Å². The minimum absolute atomic E-state index is 0.0997. The molecule has 0 unspecified atom stereocenters. The standard InChI is InChI=1S/C29H24FN3O3/c30-19-14-12-18(13-15-19)25-23-11-6-16-32(23)29(21-9-4-5-10-22(21)31-26(29)35)28(25)17-24(34)33(27(28)36)20-7-2-1-3-8-20/h1-5,7-10,12-15,23,25H,6,11,16-17H2,(H,31,35)/t23-,25-,28-,29-/m0/s1. The first-order valence-electron chi connectivity index (χ1n) is 12.4. The molecule has 0 radical (unpaired) electrons. The molecule has 0 saturated carbocycles. The fourth-order valence-electron chi connectivity index (χ4n) is 7.58. The third-order valence-electron chi connectivity index (χ3n) is 8.69. The van der Waals surface area contributed by atoms with E-state index >= 15 is 0 Å². The van der Waals surface area contributed by atoms with Crippen molar-refractivity contribution in [3.63, 3.8) is 0 Å². The maximum Gasteiger partial charge on any atom is 0.250 e. The number of nitrogens with one attached hydrogen (secondary N) is 1. The van der Waals surface area contributed by atoms with Gasteiger partial charge >= 0.3 is 0 Å². The number of anilines is 2. The molecule has 4 aliphatic heterocycles. The van der Waals surface area contributed by atoms with E-state index in [-0.39, 0.29) is 36.0 Å². The van der Waals surface area contributed by atoms with Crippen molar-refractivity contribution >= 4 is 29.1 Å². The zero-order valence-corrected chi connectivity index (χ0v) is 19.5. The van der Waals surface area contributed by atoms with Crippen LogP contribution in [0.2, 0.25) is 0 Å². The number of carbonyl (C=O) groups excluding carboxylic acids is 3. The van der Waals surface area contributed by atoms with Crippen molar-refractivity contribution in [2.75, 3.05) is 16.8 Å². The van der Waals surface area contributed by atoms with E-state index in [4.69, 9.17) is 0 Å². The van der Waals surface area contributed by atoms with Crippen LogP contribution in [0, 0.1) is 11.2 Å². The predicted octanol–water partition coefficient (Wildman–Crippen LogP) is 4.18. The summed E-state index contributed by atoms with van der Waals surface area (Å²) in [4.78, 5) is 46.1. The van der Waals surface area contributed by atoms with E-state index in [2.05, 4.69) is 10.2 Å². The number of nitrogens with zero attached hydrogens (tertiary/aromatic N) is 2. The number of rotatable bonds is 2. The SMILES string of the molecule is O=C1C[C@@]2(C(=O)N1c1ccccc1)[C@@H](c1ccc(F)cc1)[C@@H]1CCCN1[C@@]21C(=O)Nc2ccccc21. The van der Waals surface area contributed by atoms with E-state index in [0.29, 0.717) is 17.9 Å². The van der Waals surface area contributed by atoms with Crippen molar-refractivity contribution in [2.45, 2.75) is 36.8 Å². The van der Waals surface area contributed by atoms with Crippen molar-refractivity contribution in [3.05, 3.63) is 95.8 Å². The second-order valence-corrected chi connectivity index (χ2v) is 10.2. The summed E-state index contributed by atoms with van der Waals surface area (Å²) in [6.45, 7) is 0.638. The van der Waals surface area contributed by atoms with Crippen molar-refractivity contribution < 1.29 is 18.8 Å². The molecule has 3 saturated heterocycles. The van der Waals surface area contributed by atoms with Gasteiger partial charge in [-0.1, -0.05) is 48.5 Å². The second-order valence-electron chi connectivity index (χ2n) is 10.2. The number of hydrogen-bond donors (Lipinski definition) is 1. The third kappa shape index (κ3) is 2.41. The number of para-hydroxylation sites is 2. The van der Waals surface area contributed by atoms with Crippen molar-refractivity contribution in [1.82, 2.24) is 4.90 Å². The number of halogens is 1. The quantitative estimate of drug-likeness (QED) is 0.558. The lowest BCUT2D eigenvalue weighted by atomic mass is 9.58. The molecule has 0 aromatic heterocycles. The summed E-state index contributed by atoms with van der Waals surface area (Å²) in [5.74, 6) is -1.78. The van der Waals surface area contributed by atoms with Crippen molar-refractivity contribution in [1.29, 1.82) is 0 Å². The van der Waals surface area contributed by atoms with Gasteiger partial charge in [0.25, 0.3) is 5.91 Å². The third-order valence-corrected chi connectivity index (χ3v) is 8.69. The van der Waals surface area contributed by atoms with Crippen LogP contribution in [0.1, 0.15) is 36.3 Å². The van der Waals surface area contributed by atoms with Gasteiger partial charge < -0.3 is 5.32 Å². The van der Waals surface area contributed by atoms with Crippen LogP contribution in [0.5, 0.6) is 0 Å². The van der Waals surface area contributed by atoms with Gasteiger partial charge in [-0.3, -0.25) is 19.3 Å². The molecule has 7 rings (SSSR count). The summed E-state index contributed by atoms with van der Waals surface area (Å²) in [5.41, 5.74) is -0.0256. The predicted molar refractivity (Wildman–Crippen MR) is 132 cm³/mol. The second kappa shape index (κ2) is 7.34. The Labute approximate surface area is 207 Å². The van der Waals surface area contributed by atoms with Crippen LogP contribution in [0.3, 0.4) is 0 Å². The molecule has 3 amide bonds. The molecule has 2 spiro atoms. The van der Waals surface area contributed by atoms with Crippen LogP contribution in [-0.4, -0.2) is 35.2 Å². The van der Waals surface area contributed by atoms with Gasteiger partial charge in [0.2, 0.25) is 11.8 Å². The molecule has 4 aliphatic rings. The Morgan fingerprint density at radius 1 is 0.889 bits per heavy atom. The lowest BCUT2D eigenvalue weighted by Crippen LogP contribution is -2.59. The van der Waals surface area contributed by atoms with E-state index in [0.717, 1.165) is 24.0 Å². The molecule has 0 aliphatic carbocycles. The smallest absolute Gasteiger partial charge is 0.250 e. The fraction of sp³-hybridized carbons (Fsp3) is 0.276. The number of hydrogen-bond acceptors (Lipinski definition) is 4. The van der Waals surface area contributed by atoms with Gasteiger partial charge in [0.15, 0.2) is 0 Å². The zero-order chi connectivity index (χ0) is 24.7. The molecule has 180 valence electrons. The number of fused-ring (bicyclic) bond motifs is 5. The minimum Gasteiger partial charge on any atom is -0.324 e. The molecule has 1 N–H and O–H groups in total. The summed E-state index contributed by atoms with van der Waals surface area (Å²) < 4.78 is 14.0. The van der Waals surface area contributed by atoms with Gasteiger partial charge in [-0.25, -0.2) is 9.29 Å². The molecule has 3 aromatic carbocycles. The number of imide groups is 1. The maximum atomic E-state index is 14.8. The number of carbonyl (C=O) groups is 3. The van der Waals surface area contributed by atoms with Crippen LogP contribution in [0.25, 0.3) is 0 Å². The largest absolute Gasteiger partial charge is 0.324 e. The molecular weight excluding hydrogens is 457 g/mol. The van der Waals surface area contributed by atoms with Crippen LogP contribution in [0.4, 0.5) is 15.8 Å². The molecule has 7 heteroatoms. The molecule has 0 bridgehead atoms. The first kappa shape index (κ1) is 21.4. The van der Waals surface area contributed by atoms with Gasteiger partial charge in [-0.2, -0.15) is 0 Å². The highest BCUT2D eigenvalue weighted by Crippen LogP contribution is 2.70. The molecule has 6 nitrogen and oxygen atoms in total. The molecule has 4 heterocycles. The molecule has 4 atom stereocenters. The van der Waals surface area contributed by atoms with E-state index in [1.165, 1.54) is 17.0 Å². The number of amides is 3. The Bertz CT molecular complexity index is 1430. The lowest BCUT2D eigenvalue weighted by molar-refractivity contribution is -0.143. The topological polar surface area (TPSA) is 69.7 Å². The maximum absolute atomic E-state index is 14.8. The molecule has 36 heavy (non-hydrogen) atoms. The summed E-state index contributed by atoms with van der Waals surface area (Å²) in [5, 5.41) is 3.04. The summed E-state index contributed by atoms with van der Waals surface area (Å²) in [6.07, 6.45) is 1.56. The van der Waals surface area contributed by atoms with Gasteiger partial charge in [0, 0.05) is 29.6 Å². The fourth-order valence-corrected chi connectivity index (χ4v) is 7.58. The highest BCUT2D eigenvalue weighted by molar-refractivity contribution is 6.26. The molecule has 3 aromatic rings. The van der Waals surface area contributed by atoms with Crippen LogP contribution in [-0.2, 0) is 19.9 Å². The summed E-state index contributed by atoms with van der Waals surface area (Å²) in [7, 11) is 0. The van der Waals surface area contributed by atoms with Crippen LogP contribution < -0.4 is 10.2 Å². The summed E-state index contributed by atoms with van der Waals surface area (Å²) >= 11 is 0. The monoisotopic (exact) mass is 481 g/mol. The van der Waals surface area contributed by atoms with E-state index in [9.17, 15) is 18.8 Å². The first-order valence-corrected chi connectivity index (χ1v) is 12.4. The average molecular weight is 482 g/mol. The Hall–Kier alpha value is -3.84. The van der Waals surface area contributed by atoms with Crippen molar-refractivity contribution in [2.24, 2.45) is 5.41 Å². The Balaban J connectivity index is 1.54.